The molecule has 10 nitrogen and oxygen atoms in total. The van der Waals surface area contributed by atoms with E-state index >= 15 is 0 Å². The van der Waals surface area contributed by atoms with E-state index in [1.165, 1.54) is 42.5 Å². The van der Waals surface area contributed by atoms with Gasteiger partial charge >= 0.3 is 22.8 Å². The number of hydrogen-bond donors (Lipinski definition) is 4. The van der Waals surface area contributed by atoms with Crippen LogP contribution in [0, 0.1) is 19.8 Å². The third kappa shape index (κ3) is 14.1. The van der Waals surface area contributed by atoms with E-state index in [4.69, 9.17) is 51.0 Å². The maximum atomic E-state index is 14.2. The summed E-state index contributed by atoms with van der Waals surface area (Å²) in [6.45, 7) is 3.44. The average molecular weight is 1130 g/mol. The summed E-state index contributed by atoms with van der Waals surface area (Å²) in [5.41, 5.74) is 2.87. The van der Waals surface area contributed by atoms with Crippen LogP contribution < -0.4 is 11.2 Å². The number of alkyl halides is 6. The Bertz CT molecular complexity index is 2670. The van der Waals surface area contributed by atoms with Crippen molar-refractivity contribution in [1.82, 2.24) is 5.32 Å². The van der Waals surface area contributed by atoms with Gasteiger partial charge in [-0.25, -0.2) is 4.40 Å². The number of carbonyl (C=O) groups excluding carboxylic acids is 3. The van der Waals surface area contributed by atoms with Crippen LogP contribution in [0.15, 0.2) is 77.2 Å². The van der Waals surface area contributed by atoms with Crippen LogP contribution in [0.4, 0.5) is 26.3 Å². The molecular formula is C43H39Cl4F6N3O7S5. The van der Waals surface area contributed by atoms with Crippen LogP contribution >= 0.6 is 94.5 Å². The van der Waals surface area contributed by atoms with Crippen molar-refractivity contribution >= 4 is 128 Å². The normalized spacial score (nSPS) is 18.4. The highest BCUT2D eigenvalue weighted by Gasteiger charge is 2.60. The number of hydrogen-bond acceptors (Lipinski definition) is 12. The molecule has 0 aliphatic carbocycles. The highest BCUT2D eigenvalue weighted by atomic mass is 35.5. The number of thioether (sulfide) groups is 2. The molecule has 368 valence electrons. The SMILES string of the molecule is Cc1cc(C(=O)CC(S)(c2cc(Cl)cc(Cl)c2)C(F)(F)F)ccc1C(=O)NC1CSC1.Cc1cc(C2=NSC(c3cc(Cl)cc(Cl)c3)(C(F)(F)F)C2)ccc1C(=O)CC1CSC1.NOS(=O)(=O)O. The molecule has 3 heterocycles. The van der Waals surface area contributed by atoms with Crippen LogP contribution in [0.25, 0.3) is 0 Å². The van der Waals surface area contributed by atoms with Crippen LogP contribution in [-0.4, -0.2) is 77.6 Å². The second-order valence-electron chi connectivity index (χ2n) is 15.7. The molecule has 3 aliphatic heterocycles. The zero-order chi connectivity index (χ0) is 50.6. The van der Waals surface area contributed by atoms with E-state index in [0.29, 0.717) is 52.3 Å². The highest BCUT2D eigenvalue weighted by molar-refractivity contribution is 8.01. The Kier molecular flexibility index (Phi) is 18.9. The molecule has 1 amide bonds. The second kappa shape index (κ2) is 22.8. The molecule has 2 fully saturated rings. The van der Waals surface area contributed by atoms with Crippen LogP contribution in [0.2, 0.25) is 20.1 Å². The first-order chi connectivity index (χ1) is 31.6. The summed E-state index contributed by atoms with van der Waals surface area (Å²) in [6, 6.07) is 17.0. The number of amides is 1. The van der Waals surface area contributed by atoms with Crippen molar-refractivity contribution in [3.63, 3.8) is 0 Å². The second-order valence-corrected chi connectivity index (χ2v) is 22.5. The van der Waals surface area contributed by atoms with Crippen molar-refractivity contribution < 1.29 is 58.0 Å². The van der Waals surface area contributed by atoms with Gasteiger partial charge in [0.25, 0.3) is 5.91 Å². The van der Waals surface area contributed by atoms with Crippen molar-refractivity contribution in [3.05, 3.63) is 137 Å². The van der Waals surface area contributed by atoms with Gasteiger partial charge in [0, 0.05) is 73.6 Å². The molecule has 4 aromatic rings. The minimum Gasteiger partial charge on any atom is -0.348 e. The predicted molar refractivity (Wildman–Crippen MR) is 263 cm³/mol. The molecule has 2 unspecified atom stereocenters. The maximum absolute atomic E-state index is 14.2. The van der Waals surface area contributed by atoms with Gasteiger partial charge in [0.15, 0.2) is 16.3 Å². The van der Waals surface area contributed by atoms with E-state index in [1.54, 1.807) is 36.9 Å². The highest BCUT2D eigenvalue weighted by Crippen LogP contribution is 2.57. The Hall–Kier alpha value is -2.67. The summed E-state index contributed by atoms with van der Waals surface area (Å²) in [5.74, 6) is 7.12. The molecular weight excluding hydrogens is 1090 g/mol. The number of aryl methyl sites for hydroxylation is 2. The van der Waals surface area contributed by atoms with Crippen molar-refractivity contribution in [2.45, 2.75) is 61.0 Å². The summed E-state index contributed by atoms with van der Waals surface area (Å²) < 4.78 is 113. The molecule has 7 rings (SSSR count). The van der Waals surface area contributed by atoms with E-state index in [9.17, 15) is 49.1 Å². The molecule has 68 heavy (non-hydrogen) atoms. The molecule has 4 N–H and O–H groups in total. The number of nitrogens with one attached hydrogen (secondary N) is 1. The molecule has 2 saturated heterocycles. The van der Waals surface area contributed by atoms with E-state index in [1.807, 2.05) is 18.7 Å². The Morgan fingerprint density at radius 1 is 0.824 bits per heavy atom. The fraction of sp³-hybridized carbons (Fsp3) is 0.349. The van der Waals surface area contributed by atoms with Crippen molar-refractivity contribution in [2.24, 2.45) is 16.2 Å². The molecule has 0 bridgehead atoms. The van der Waals surface area contributed by atoms with Gasteiger partial charge in [-0.2, -0.15) is 81.1 Å². The van der Waals surface area contributed by atoms with Gasteiger partial charge in [0.2, 0.25) is 0 Å². The van der Waals surface area contributed by atoms with Gasteiger partial charge < -0.3 is 5.32 Å². The van der Waals surface area contributed by atoms with Crippen LogP contribution in [0.5, 0.6) is 0 Å². The van der Waals surface area contributed by atoms with Crippen molar-refractivity contribution in [1.29, 1.82) is 0 Å². The largest absolute Gasteiger partial charge is 0.413 e. The third-order valence-electron chi connectivity index (χ3n) is 10.7. The number of nitrogens with zero attached hydrogens (tertiary/aromatic N) is 1. The lowest BCUT2D eigenvalue weighted by Crippen LogP contribution is -2.44. The topological polar surface area (TPSA) is 165 Å². The maximum Gasteiger partial charge on any atom is 0.413 e. The summed E-state index contributed by atoms with van der Waals surface area (Å²) in [5, 5.41) is 3.18. The van der Waals surface area contributed by atoms with Gasteiger partial charge in [0.05, 0.1) is 5.71 Å². The number of Topliss-reactive ketones (excluding diaryl/α,β-unsaturated/α-hetero) is 2. The summed E-state index contributed by atoms with van der Waals surface area (Å²) in [6.07, 6.45) is -10.2. The Labute approximate surface area is 426 Å². The molecule has 2 atom stereocenters. The number of benzene rings is 4. The van der Waals surface area contributed by atoms with Crippen molar-refractivity contribution in [2.75, 3.05) is 23.0 Å². The first kappa shape index (κ1) is 56.2. The fourth-order valence-corrected chi connectivity index (χ4v) is 10.7. The lowest BCUT2D eigenvalue weighted by atomic mass is 9.88. The number of carbonyl (C=O) groups is 3. The minimum atomic E-state index is -4.85. The quantitative estimate of drug-likeness (QED) is 0.0266. The molecule has 25 heteroatoms. The fourth-order valence-electron chi connectivity index (χ4n) is 6.94. The van der Waals surface area contributed by atoms with Gasteiger partial charge in [-0.05, 0) is 126 Å². The molecule has 0 spiro atoms. The third-order valence-corrected chi connectivity index (χ3v) is 16.4. The Balaban J connectivity index is 0.000000227. The minimum absolute atomic E-state index is 0.00805. The summed E-state index contributed by atoms with van der Waals surface area (Å²) in [4.78, 5) is 37.7. The predicted octanol–water partition coefficient (Wildman–Crippen LogP) is 12.3. The average Bonchev–Trinajstić information content (AvgIpc) is 3.67. The molecule has 0 radical (unpaired) electrons. The first-order valence-electron chi connectivity index (χ1n) is 19.7. The van der Waals surface area contributed by atoms with Gasteiger partial charge in [0.1, 0.15) is 4.75 Å². The van der Waals surface area contributed by atoms with E-state index < -0.39 is 44.4 Å². The van der Waals surface area contributed by atoms with Crippen LogP contribution in [-0.2, 0) is 24.2 Å². The Morgan fingerprint density at radius 3 is 1.81 bits per heavy atom. The standard InChI is InChI=1S/C22H18Cl2F3NOS2.C21H18Cl2F3NO2S2.H3NO4S/c1-12-4-14(2-3-18(12)20(29)5-13-10-30-11-13)19-9-21(31-28-19,22(25,26)27)15-6-16(23)8-17(24)7-15;1-11-4-12(2-3-17(11)19(29)27-16-9-31-10-16)18(28)8-20(30,21(24,25)26)13-5-14(22)7-15(23)6-13;1-5-6(2,3)4/h2-4,6-8,13H,5,9-11H2,1H3;2-7,16,30H,8-10H2,1H3,(H,27,29);1H2,(H,2,3,4). The summed E-state index contributed by atoms with van der Waals surface area (Å²) in [7, 11) is -4.38. The number of halogens is 10. The molecule has 4 aromatic carbocycles. The zero-order valence-corrected chi connectivity index (χ0v) is 42.5. The van der Waals surface area contributed by atoms with Gasteiger partial charge in [-0.1, -0.05) is 64.6 Å². The first-order valence-corrected chi connectivity index (χ1v) is 26.1. The molecule has 0 saturated carbocycles. The zero-order valence-electron chi connectivity index (χ0n) is 35.3. The van der Waals surface area contributed by atoms with Crippen LogP contribution in [0.1, 0.15) is 78.2 Å². The molecule has 3 aliphatic rings. The number of ketones is 2. The Morgan fingerprint density at radius 2 is 1.35 bits per heavy atom. The monoisotopic (exact) mass is 1120 g/mol. The van der Waals surface area contributed by atoms with Gasteiger partial charge in [-0.15, -0.1) is 0 Å². The summed E-state index contributed by atoms with van der Waals surface area (Å²) >= 11 is 31.6. The van der Waals surface area contributed by atoms with E-state index in [-0.39, 0.29) is 60.9 Å². The smallest absolute Gasteiger partial charge is 0.348 e. The number of thiol groups is 1. The van der Waals surface area contributed by atoms with Crippen LogP contribution in [0.3, 0.4) is 0 Å². The van der Waals surface area contributed by atoms with Gasteiger partial charge in [-0.3, -0.25) is 18.9 Å². The van der Waals surface area contributed by atoms with E-state index in [2.05, 4.69) is 32.5 Å². The van der Waals surface area contributed by atoms with Crippen molar-refractivity contribution in [3.8, 4) is 0 Å². The van der Waals surface area contributed by atoms with E-state index in [0.717, 1.165) is 40.7 Å². The number of nitrogens with two attached hydrogens (primary N) is 1. The number of rotatable bonds is 12. The lowest BCUT2D eigenvalue weighted by Gasteiger charge is -2.31. The lowest BCUT2D eigenvalue weighted by molar-refractivity contribution is -0.161. The molecule has 0 aromatic heterocycles.